The largest absolute Gasteiger partial charge is 0.416 e. The number of hydrogen-bond acceptors (Lipinski definition) is 2. The average molecular weight is 363 g/mol. The van der Waals surface area contributed by atoms with Crippen LogP contribution in [0.3, 0.4) is 0 Å². The van der Waals surface area contributed by atoms with Crippen molar-refractivity contribution in [3.63, 3.8) is 0 Å². The van der Waals surface area contributed by atoms with Crippen LogP contribution in [-0.2, 0) is 6.18 Å². The zero-order valence-corrected chi connectivity index (χ0v) is 12.4. The summed E-state index contributed by atoms with van der Waals surface area (Å²) >= 11 is 3.05. The minimum Gasteiger partial charge on any atom is -0.397 e. The summed E-state index contributed by atoms with van der Waals surface area (Å²) in [7, 11) is 0. The van der Waals surface area contributed by atoms with Gasteiger partial charge in [-0.05, 0) is 58.7 Å². The molecule has 0 atom stereocenters. The van der Waals surface area contributed by atoms with Crippen LogP contribution in [0, 0.1) is 12.7 Å². The molecule has 0 saturated carbocycles. The van der Waals surface area contributed by atoms with Gasteiger partial charge in [0.2, 0.25) is 0 Å². The Bertz CT molecular complexity index is 683. The maximum Gasteiger partial charge on any atom is 0.416 e. The first kappa shape index (κ1) is 15.6. The lowest BCUT2D eigenvalue weighted by Gasteiger charge is -2.14. The van der Waals surface area contributed by atoms with Crippen LogP contribution in [0.5, 0.6) is 0 Å². The van der Waals surface area contributed by atoms with E-state index in [1.54, 1.807) is 6.92 Å². The van der Waals surface area contributed by atoms with E-state index >= 15 is 0 Å². The molecule has 0 bridgehead atoms. The van der Waals surface area contributed by atoms with Crippen molar-refractivity contribution in [2.24, 2.45) is 0 Å². The quantitative estimate of drug-likeness (QED) is 0.566. The van der Waals surface area contributed by atoms with Gasteiger partial charge < -0.3 is 11.1 Å². The van der Waals surface area contributed by atoms with E-state index < -0.39 is 17.6 Å². The van der Waals surface area contributed by atoms with Crippen LogP contribution in [0.15, 0.2) is 34.8 Å². The Labute approximate surface area is 127 Å². The SMILES string of the molecule is Cc1cc(F)c(Br)cc1Nc1ccc(C(F)(F)F)cc1N. The number of hydrogen-bond donors (Lipinski definition) is 2. The number of nitrogen functional groups attached to an aromatic ring is 1. The molecule has 2 rings (SSSR count). The number of aryl methyl sites for hydroxylation is 1. The number of nitrogens with two attached hydrogens (primary N) is 1. The third-order valence-electron chi connectivity index (χ3n) is 2.92. The van der Waals surface area contributed by atoms with E-state index in [9.17, 15) is 17.6 Å². The van der Waals surface area contributed by atoms with Gasteiger partial charge in [0.05, 0.1) is 21.4 Å². The third-order valence-corrected chi connectivity index (χ3v) is 3.52. The van der Waals surface area contributed by atoms with E-state index in [2.05, 4.69) is 21.2 Å². The van der Waals surface area contributed by atoms with E-state index in [0.717, 1.165) is 12.1 Å². The Morgan fingerprint density at radius 1 is 1.10 bits per heavy atom. The molecule has 2 aromatic rings. The highest BCUT2D eigenvalue weighted by molar-refractivity contribution is 9.10. The molecule has 0 aliphatic rings. The van der Waals surface area contributed by atoms with Crippen molar-refractivity contribution in [3.8, 4) is 0 Å². The Morgan fingerprint density at radius 3 is 2.33 bits per heavy atom. The molecule has 0 unspecified atom stereocenters. The van der Waals surface area contributed by atoms with Gasteiger partial charge in [-0.25, -0.2) is 4.39 Å². The third kappa shape index (κ3) is 3.47. The summed E-state index contributed by atoms with van der Waals surface area (Å²) in [6, 6.07) is 5.85. The van der Waals surface area contributed by atoms with Crippen molar-refractivity contribution in [3.05, 3.63) is 51.7 Å². The van der Waals surface area contributed by atoms with Crippen molar-refractivity contribution in [2.75, 3.05) is 11.1 Å². The van der Waals surface area contributed by atoms with Gasteiger partial charge in [0.25, 0.3) is 0 Å². The molecule has 0 spiro atoms. The molecule has 112 valence electrons. The molecule has 0 fully saturated rings. The van der Waals surface area contributed by atoms with Gasteiger partial charge in [0.1, 0.15) is 5.82 Å². The first-order chi connectivity index (χ1) is 9.68. The fraction of sp³-hybridized carbons (Fsp3) is 0.143. The number of benzene rings is 2. The number of halogens is 5. The number of alkyl halides is 3. The molecule has 0 aliphatic heterocycles. The predicted molar refractivity (Wildman–Crippen MR) is 78.0 cm³/mol. The Morgan fingerprint density at radius 2 is 1.76 bits per heavy atom. The summed E-state index contributed by atoms with van der Waals surface area (Å²) in [6.45, 7) is 1.68. The fourth-order valence-corrected chi connectivity index (χ4v) is 2.12. The Kier molecular flexibility index (Phi) is 4.13. The average Bonchev–Trinajstić information content (AvgIpc) is 2.36. The molecule has 0 amide bonds. The van der Waals surface area contributed by atoms with Crippen LogP contribution in [0.2, 0.25) is 0 Å². The predicted octanol–water partition coefficient (Wildman–Crippen LogP) is 5.24. The highest BCUT2D eigenvalue weighted by atomic mass is 79.9. The lowest BCUT2D eigenvalue weighted by molar-refractivity contribution is -0.137. The van der Waals surface area contributed by atoms with Crippen molar-refractivity contribution >= 4 is 33.0 Å². The maximum atomic E-state index is 13.3. The van der Waals surface area contributed by atoms with E-state index in [1.165, 1.54) is 18.2 Å². The first-order valence-electron chi connectivity index (χ1n) is 5.88. The molecule has 7 heteroatoms. The van der Waals surface area contributed by atoms with E-state index in [-0.39, 0.29) is 10.2 Å². The monoisotopic (exact) mass is 362 g/mol. The molecule has 0 saturated heterocycles. The zero-order chi connectivity index (χ0) is 15.8. The zero-order valence-electron chi connectivity index (χ0n) is 10.9. The molecule has 21 heavy (non-hydrogen) atoms. The summed E-state index contributed by atoms with van der Waals surface area (Å²) in [4.78, 5) is 0. The van der Waals surface area contributed by atoms with Crippen molar-refractivity contribution in [1.29, 1.82) is 0 Å². The normalized spacial score (nSPS) is 11.5. The Hall–Kier alpha value is -1.76. The molecule has 0 heterocycles. The molecule has 0 aromatic heterocycles. The van der Waals surface area contributed by atoms with Crippen LogP contribution >= 0.6 is 15.9 Å². The fourth-order valence-electron chi connectivity index (χ4n) is 1.78. The molecule has 2 aromatic carbocycles. The van der Waals surface area contributed by atoms with Gasteiger partial charge in [-0.1, -0.05) is 0 Å². The lowest BCUT2D eigenvalue weighted by atomic mass is 10.1. The summed E-state index contributed by atoms with van der Waals surface area (Å²) < 4.78 is 51.3. The summed E-state index contributed by atoms with van der Waals surface area (Å²) in [5.41, 5.74) is 6.26. The van der Waals surface area contributed by atoms with Crippen LogP contribution in [0.25, 0.3) is 0 Å². The second kappa shape index (κ2) is 5.55. The maximum absolute atomic E-state index is 13.3. The highest BCUT2D eigenvalue weighted by Crippen LogP contribution is 2.34. The van der Waals surface area contributed by atoms with Gasteiger partial charge in [0.15, 0.2) is 0 Å². The highest BCUT2D eigenvalue weighted by Gasteiger charge is 2.30. The van der Waals surface area contributed by atoms with Crippen molar-refractivity contribution < 1.29 is 17.6 Å². The van der Waals surface area contributed by atoms with Crippen LogP contribution in [0.1, 0.15) is 11.1 Å². The van der Waals surface area contributed by atoms with Gasteiger partial charge in [-0.3, -0.25) is 0 Å². The smallest absolute Gasteiger partial charge is 0.397 e. The standard InChI is InChI=1S/C14H11BrF4N2/c1-7-4-10(16)9(15)6-13(7)21-12-3-2-8(5-11(12)20)14(17,18)19/h2-6,21H,20H2,1H3. The molecular formula is C14H11BrF4N2. The van der Waals surface area contributed by atoms with Crippen LogP contribution in [-0.4, -0.2) is 0 Å². The van der Waals surface area contributed by atoms with E-state index in [4.69, 9.17) is 5.73 Å². The van der Waals surface area contributed by atoms with Crippen LogP contribution < -0.4 is 11.1 Å². The second-order valence-corrected chi connectivity index (χ2v) is 5.36. The lowest BCUT2D eigenvalue weighted by Crippen LogP contribution is -2.07. The molecule has 0 radical (unpaired) electrons. The topological polar surface area (TPSA) is 38.0 Å². The summed E-state index contributed by atoms with van der Waals surface area (Å²) in [5, 5.41) is 2.90. The minimum atomic E-state index is -4.44. The van der Waals surface area contributed by atoms with E-state index in [1.807, 2.05) is 0 Å². The minimum absolute atomic E-state index is 0.0373. The Balaban J connectivity index is 2.35. The number of anilines is 3. The number of nitrogens with one attached hydrogen (secondary N) is 1. The molecular weight excluding hydrogens is 352 g/mol. The van der Waals surface area contributed by atoms with Gasteiger partial charge in [-0.2, -0.15) is 13.2 Å². The van der Waals surface area contributed by atoms with Crippen molar-refractivity contribution in [2.45, 2.75) is 13.1 Å². The van der Waals surface area contributed by atoms with Crippen LogP contribution in [0.4, 0.5) is 34.6 Å². The first-order valence-corrected chi connectivity index (χ1v) is 6.67. The van der Waals surface area contributed by atoms with Gasteiger partial charge in [0, 0.05) is 5.69 Å². The molecule has 2 nitrogen and oxygen atoms in total. The summed E-state index contributed by atoms with van der Waals surface area (Å²) in [6.07, 6.45) is -4.44. The second-order valence-electron chi connectivity index (χ2n) is 4.51. The van der Waals surface area contributed by atoms with Gasteiger partial charge in [-0.15, -0.1) is 0 Å². The molecule has 3 N–H and O–H groups in total. The molecule has 0 aliphatic carbocycles. The van der Waals surface area contributed by atoms with E-state index in [0.29, 0.717) is 16.9 Å². The summed E-state index contributed by atoms with van der Waals surface area (Å²) in [5.74, 6) is -0.418. The van der Waals surface area contributed by atoms with Crippen molar-refractivity contribution in [1.82, 2.24) is 0 Å². The number of rotatable bonds is 2. The van der Waals surface area contributed by atoms with Gasteiger partial charge >= 0.3 is 6.18 Å².